The zero-order valence-corrected chi connectivity index (χ0v) is 10.0. The van der Waals surface area contributed by atoms with Crippen molar-refractivity contribution in [3.63, 3.8) is 0 Å². The van der Waals surface area contributed by atoms with Crippen LogP contribution in [0.5, 0.6) is 0 Å². The lowest BCUT2D eigenvalue weighted by Crippen LogP contribution is -2.31. The lowest BCUT2D eigenvalue weighted by molar-refractivity contribution is -0.139. The van der Waals surface area contributed by atoms with Crippen molar-refractivity contribution < 1.29 is 9.53 Å². The first-order valence-electron chi connectivity index (χ1n) is 5.27. The van der Waals surface area contributed by atoms with Crippen molar-refractivity contribution >= 4 is 17.7 Å². The predicted octanol–water partition coefficient (Wildman–Crippen LogP) is 1.74. The maximum atomic E-state index is 11.1. The van der Waals surface area contributed by atoms with Gasteiger partial charge in [-0.05, 0) is 11.1 Å². The van der Waals surface area contributed by atoms with Crippen molar-refractivity contribution in [3.05, 3.63) is 35.4 Å². The van der Waals surface area contributed by atoms with Gasteiger partial charge in [-0.1, -0.05) is 24.3 Å². The topological polar surface area (TPSA) is 38.3 Å². The van der Waals surface area contributed by atoms with Gasteiger partial charge in [-0.2, -0.15) is 11.8 Å². The molecule has 1 aromatic rings. The van der Waals surface area contributed by atoms with E-state index in [0.29, 0.717) is 0 Å². The Morgan fingerprint density at radius 2 is 2.38 bits per heavy atom. The van der Waals surface area contributed by atoms with E-state index in [4.69, 9.17) is 0 Å². The second-order valence-corrected chi connectivity index (χ2v) is 4.75. The number of nitrogens with one attached hydrogen (secondary N) is 1. The third kappa shape index (κ3) is 2.57. The van der Waals surface area contributed by atoms with Gasteiger partial charge in [0.2, 0.25) is 0 Å². The van der Waals surface area contributed by atoms with Crippen molar-refractivity contribution in [2.45, 2.75) is 11.8 Å². The molecule has 0 radical (unpaired) electrons. The van der Waals surface area contributed by atoms with E-state index in [2.05, 4.69) is 28.3 Å². The predicted molar refractivity (Wildman–Crippen MR) is 65.4 cm³/mol. The highest BCUT2D eigenvalue weighted by Gasteiger charge is 2.20. The molecular formula is C12H15NO2S. The lowest BCUT2D eigenvalue weighted by Gasteiger charge is -2.25. The fourth-order valence-electron chi connectivity index (χ4n) is 1.83. The molecule has 0 aromatic heterocycles. The molecule has 1 atom stereocenters. The number of benzene rings is 1. The van der Waals surface area contributed by atoms with Gasteiger partial charge in [0.25, 0.3) is 0 Å². The van der Waals surface area contributed by atoms with Crippen LogP contribution in [0, 0.1) is 0 Å². The average Bonchev–Trinajstić information content (AvgIpc) is 2.35. The molecule has 0 bridgehead atoms. The Kier molecular flexibility index (Phi) is 3.85. The molecule has 0 aliphatic carbocycles. The smallest absolute Gasteiger partial charge is 0.319 e. The molecule has 1 aromatic carbocycles. The molecule has 0 saturated heterocycles. The van der Waals surface area contributed by atoms with Gasteiger partial charge in [-0.25, -0.2) is 0 Å². The van der Waals surface area contributed by atoms with Crippen molar-refractivity contribution in [1.29, 1.82) is 0 Å². The Morgan fingerprint density at radius 3 is 3.19 bits per heavy atom. The van der Waals surface area contributed by atoms with E-state index in [-0.39, 0.29) is 18.6 Å². The number of ether oxygens (including phenoxy) is 1. The first kappa shape index (κ1) is 11.5. The maximum Gasteiger partial charge on any atom is 0.319 e. The standard InChI is InChI=1S/C12H15NO2S/c1-15-12(14)6-13-11-8-16-7-9-4-2-3-5-10(9)11/h2-5,11,13H,6-8H2,1H3. The van der Waals surface area contributed by atoms with Crippen LogP contribution in [0.3, 0.4) is 0 Å². The van der Waals surface area contributed by atoms with Crippen LogP contribution >= 0.6 is 11.8 Å². The first-order chi connectivity index (χ1) is 7.81. The summed E-state index contributed by atoms with van der Waals surface area (Å²) in [5.74, 6) is 1.86. The molecule has 1 aliphatic heterocycles. The molecule has 1 N–H and O–H groups in total. The van der Waals surface area contributed by atoms with Crippen LogP contribution in [0.15, 0.2) is 24.3 Å². The number of hydrogen-bond donors (Lipinski definition) is 1. The summed E-state index contributed by atoms with van der Waals surface area (Å²) in [6.45, 7) is 0.274. The van der Waals surface area contributed by atoms with Crippen molar-refractivity contribution in [2.75, 3.05) is 19.4 Å². The van der Waals surface area contributed by atoms with Gasteiger partial charge in [0.15, 0.2) is 0 Å². The summed E-state index contributed by atoms with van der Waals surface area (Å²) in [6, 6.07) is 8.64. The summed E-state index contributed by atoms with van der Waals surface area (Å²) in [5, 5.41) is 3.23. The zero-order valence-electron chi connectivity index (χ0n) is 9.23. The molecule has 16 heavy (non-hydrogen) atoms. The summed E-state index contributed by atoms with van der Waals surface area (Å²) >= 11 is 1.89. The normalized spacial score (nSPS) is 18.9. The number of esters is 1. The highest BCUT2D eigenvalue weighted by atomic mass is 32.2. The Morgan fingerprint density at radius 1 is 1.56 bits per heavy atom. The summed E-state index contributed by atoms with van der Waals surface area (Å²) in [6.07, 6.45) is 0. The molecule has 2 rings (SSSR count). The largest absolute Gasteiger partial charge is 0.468 e. The second-order valence-electron chi connectivity index (χ2n) is 3.72. The number of fused-ring (bicyclic) bond motifs is 1. The van der Waals surface area contributed by atoms with E-state index >= 15 is 0 Å². The average molecular weight is 237 g/mol. The van der Waals surface area contributed by atoms with Gasteiger partial charge in [-0.15, -0.1) is 0 Å². The van der Waals surface area contributed by atoms with Crippen LogP contribution in [-0.4, -0.2) is 25.4 Å². The molecule has 1 unspecified atom stereocenters. The third-order valence-electron chi connectivity index (χ3n) is 2.69. The van der Waals surface area contributed by atoms with E-state index in [1.165, 1.54) is 18.2 Å². The molecule has 0 saturated carbocycles. The quantitative estimate of drug-likeness (QED) is 0.813. The number of carbonyl (C=O) groups is 1. The van der Waals surface area contributed by atoms with E-state index in [9.17, 15) is 4.79 Å². The fourth-order valence-corrected chi connectivity index (χ4v) is 2.96. The molecule has 3 nitrogen and oxygen atoms in total. The lowest BCUT2D eigenvalue weighted by atomic mass is 10.0. The summed E-state index contributed by atoms with van der Waals surface area (Å²) in [5.41, 5.74) is 2.67. The van der Waals surface area contributed by atoms with Gasteiger partial charge < -0.3 is 4.74 Å². The van der Waals surface area contributed by atoms with E-state index < -0.39 is 0 Å². The number of carbonyl (C=O) groups excluding carboxylic acids is 1. The van der Waals surface area contributed by atoms with Crippen LogP contribution < -0.4 is 5.32 Å². The van der Waals surface area contributed by atoms with Crippen LogP contribution in [0.2, 0.25) is 0 Å². The van der Waals surface area contributed by atoms with Crippen molar-refractivity contribution in [1.82, 2.24) is 5.32 Å². The van der Waals surface area contributed by atoms with Crippen LogP contribution in [0.1, 0.15) is 17.2 Å². The molecule has 1 aliphatic rings. The fraction of sp³-hybridized carbons (Fsp3) is 0.417. The van der Waals surface area contributed by atoms with Crippen molar-refractivity contribution in [3.8, 4) is 0 Å². The second kappa shape index (κ2) is 5.37. The van der Waals surface area contributed by atoms with E-state index in [0.717, 1.165) is 11.5 Å². The third-order valence-corrected chi connectivity index (χ3v) is 3.78. The molecule has 4 heteroatoms. The van der Waals surface area contributed by atoms with Gasteiger partial charge in [-0.3, -0.25) is 10.1 Å². The zero-order chi connectivity index (χ0) is 11.4. The monoisotopic (exact) mass is 237 g/mol. The van der Waals surface area contributed by atoms with Gasteiger partial charge in [0.05, 0.1) is 13.7 Å². The molecule has 0 spiro atoms. The maximum absolute atomic E-state index is 11.1. The summed E-state index contributed by atoms with van der Waals surface area (Å²) < 4.78 is 4.62. The van der Waals surface area contributed by atoms with E-state index in [1.54, 1.807) is 0 Å². The number of rotatable bonds is 3. The number of methoxy groups -OCH3 is 1. The highest BCUT2D eigenvalue weighted by Crippen LogP contribution is 2.31. The summed E-state index contributed by atoms with van der Waals surface area (Å²) in [4.78, 5) is 11.1. The minimum atomic E-state index is -0.215. The highest BCUT2D eigenvalue weighted by molar-refractivity contribution is 7.98. The molecule has 0 amide bonds. The minimum Gasteiger partial charge on any atom is -0.468 e. The van der Waals surface area contributed by atoms with Gasteiger partial charge in [0, 0.05) is 17.5 Å². The summed E-state index contributed by atoms with van der Waals surface area (Å²) in [7, 11) is 1.41. The van der Waals surface area contributed by atoms with E-state index in [1.807, 2.05) is 17.8 Å². The Labute approximate surface area is 99.6 Å². The SMILES string of the molecule is COC(=O)CNC1CSCc2ccccc21. The van der Waals surface area contributed by atoms with Gasteiger partial charge in [0.1, 0.15) is 0 Å². The minimum absolute atomic E-state index is 0.215. The van der Waals surface area contributed by atoms with Crippen molar-refractivity contribution in [2.24, 2.45) is 0 Å². The molecule has 86 valence electrons. The van der Waals surface area contributed by atoms with Crippen LogP contribution in [0.25, 0.3) is 0 Å². The molecular weight excluding hydrogens is 222 g/mol. The van der Waals surface area contributed by atoms with Gasteiger partial charge >= 0.3 is 5.97 Å². The first-order valence-corrected chi connectivity index (χ1v) is 6.42. The molecule has 0 fully saturated rings. The van der Waals surface area contributed by atoms with Crippen LogP contribution in [-0.2, 0) is 15.3 Å². The number of thioether (sulfide) groups is 1. The Balaban J connectivity index is 2.04. The Hall–Kier alpha value is -1.00. The van der Waals surface area contributed by atoms with Crippen LogP contribution in [0.4, 0.5) is 0 Å². The molecule has 1 heterocycles. The number of hydrogen-bond acceptors (Lipinski definition) is 4. The Bertz CT molecular complexity index is 381.